The third-order valence-corrected chi connectivity index (χ3v) is 3.49. The van der Waals surface area contributed by atoms with E-state index in [0.717, 1.165) is 12.8 Å². The summed E-state index contributed by atoms with van der Waals surface area (Å²) in [6.45, 7) is 2.08. The normalized spacial score (nSPS) is 30.5. The van der Waals surface area contributed by atoms with Crippen molar-refractivity contribution < 1.29 is 13.3 Å². The second kappa shape index (κ2) is 4.28. The molecule has 0 amide bonds. The highest BCUT2D eigenvalue weighted by Crippen LogP contribution is 2.38. The van der Waals surface area contributed by atoms with Crippen LogP contribution in [0.4, 0.5) is 8.78 Å². The average Bonchev–Trinajstić information content (AvgIpc) is 2.65. The Bertz CT molecular complexity index is 407. The lowest BCUT2D eigenvalue weighted by atomic mass is 9.76. The molecule has 0 saturated heterocycles. The largest absolute Gasteiger partial charge is 0.378 e. The van der Waals surface area contributed by atoms with Gasteiger partial charge < -0.3 is 10.3 Å². The summed E-state index contributed by atoms with van der Waals surface area (Å²) in [5.41, 5.74) is 5.44. The van der Waals surface area contributed by atoms with E-state index in [2.05, 4.69) is 37.5 Å². The quantitative estimate of drug-likeness (QED) is 0.853. The summed E-state index contributed by atoms with van der Waals surface area (Å²) in [4.78, 5) is 0.415. The Morgan fingerprint density at radius 2 is 2.29 bits per heavy atom. The lowest BCUT2D eigenvalue weighted by Crippen LogP contribution is -2.42. The summed E-state index contributed by atoms with van der Waals surface area (Å²) in [5, 5.41) is 3.59. The van der Waals surface area contributed by atoms with Crippen molar-refractivity contribution in [3.05, 3.63) is 11.7 Å². The Labute approximate surface area is 106 Å². The van der Waals surface area contributed by atoms with Crippen LogP contribution in [0.2, 0.25) is 0 Å². The van der Waals surface area contributed by atoms with Crippen molar-refractivity contribution in [1.82, 2.24) is 10.1 Å². The van der Waals surface area contributed by atoms with Crippen LogP contribution in [0, 0.1) is 5.92 Å². The monoisotopic (exact) mass is 309 g/mol. The predicted octanol–water partition coefficient (Wildman–Crippen LogP) is 2.88. The Morgan fingerprint density at radius 1 is 1.59 bits per heavy atom. The highest BCUT2D eigenvalue weighted by atomic mass is 79.9. The molecule has 2 N–H and O–H groups in total. The summed E-state index contributed by atoms with van der Waals surface area (Å²) in [7, 11) is 0. The first-order valence-electron chi connectivity index (χ1n) is 5.51. The highest BCUT2D eigenvalue weighted by molar-refractivity contribution is 9.09. The summed E-state index contributed by atoms with van der Waals surface area (Å²) in [6, 6.07) is 0. The summed E-state index contributed by atoms with van der Waals surface area (Å²) < 4.78 is 30.4. The third kappa shape index (κ3) is 2.65. The third-order valence-electron chi connectivity index (χ3n) is 3.15. The first-order chi connectivity index (χ1) is 7.81. The molecule has 1 saturated carbocycles. The van der Waals surface area contributed by atoms with Gasteiger partial charge in [0.25, 0.3) is 0 Å². The number of halogens is 3. The first kappa shape index (κ1) is 12.9. The molecular weight excluding hydrogens is 296 g/mol. The van der Waals surface area contributed by atoms with Gasteiger partial charge in [-0.1, -0.05) is 24.9 Å². The van der Waals surface area contributed by atoms with Crippen LogP contribution in [0.3, 0.4) is 0 Å². The summed E-state index contributed by atoms with van der Waals surface area (Å²) in [5.74, 6) is -0.117. The molecule has 0 aromatic carbocycles. The van der Waals surface area contributed by atoms with Crippen molar-refractivity contribution in [3.63, 3.8) is 0 Å². The molecule has 2 unspecified atom stereocenters. The SMILES string of the molecule is CC1CCCC(N)(c2noc(C(F)(F)Br)n2)C1. The fourth-order valence-corrected chi connectivity index (χ4v) is 2.50. The van der Waals surface area contributed by atoms with Gasteiger partial charge in [0.15, 0.2) is 5.82 Å². The van der Waals surface area contributed by atoms with Crippen LogP contribution in [0.15, 0.2) is 4.52 Å². The second-order valence-corrected chi connectivity index (χ2v) is 5.77. The number of nitrogens with two attached hydrogens (primary N) is 1. The minimum atomic E-state index is -3.30. The van der Waals surface area contributed by atoms with Crippen molar-refractivity contribution in [2.75, 3.05) is 0 Å². The molecule has 1 aliphatic rings. The Kier molecular flexibility index (Phi) is 3.24. The van der Waals surface area contributed by atoms with Crippen LogP contribution in [0.5, 0.6) is 0 Å². The molecule has 1 aliphatic carbocycles. The zero-order chi connectivity index (χ0) is 12.7. The van der Waals surface area contributed by atoms with Gasteiger partial charge in [-0.15, -0.1) is 0 Å². The first-order valence-corrected chi connectivity index (χ1v) is 6.31. The smallest absolute Gasteiger partial charge is 0.331 e. The van der Waals surface area contributed by atoms with Crippen molar-refractivity contribution in [1.29, 1.82) is 0 Å². The predicted molar refractivity (Wildman–Crippen MR) is 60.6 cm³/mol. The van der Waals surface area contributed by atoms with E-state index >= 15 is 0 Å². The van der Waals surface area contributed by atoms with E-state index in [9.17, 15) is 8.78 Å². The highest BCUT2D eigenvalue weighted by Gasteiger charge is 2.41. The summed E-state index contributed by atoms with van der Waals surface area (Å²) >= 11 is 2.18. The Balaban J connectivity index is 2.24. The van der Waals surface area contributed by atoms with Gasteiger partial charge in [0.2, 0.25) is 0 Å². The minimum Gasteiger partial charge on any atom is -0.331 e. The van der Waals surface area contributed by atoms with Crippen LogP contribution in [-0.2, 0) is 10.4 Å². The molecule has 1 aromatic heterocycles. The lowest BCUT2D eigenvalue weighted by Gasteiger charge is -2.33. The molecule has 17 heavy (non-hydrogen) atoms. The Morgan fingerprint density at radius 3 is 2.82 bits per heavy atom. The molecular formula is C10H14BrF2N3O. The topological polar surface area (TPSA) is 64.9 Å². The van der Waals surface area contributed by atoms with Crippen LogP contribution < -0.4 is 5.73 Å². The van der Waals surface area contributed by atoms with Gasteiger partial charge in [-0.25, -0.2) is 0 Å². The van der Waals surface area contributed by atoms with Gasteiger partial charge in [0.1, 0.15) is 0 Å². The van der Waals surface area contributed by atoms with E-state index in [1.807, 2.05) is 0 Å². The van der Waals surface area contributed by atoms with Crippen molar-refractivity contribution >= 4 is 15.9 Å². The number of hydrogen-bond acceptors (Lipinski definition) is 4. The fourth-order valence-electron chi connectivity index (χ4n) is 2.34. The number of alkyl halides is 3. The number of nitrogens with zero attached hydrogens (tertiary/aromatic N) is 2. The van der Waals surface area contributed by atoms with Gasteiger partial charge in [-0.05, 0) is 18.8 Å². The Hall–Kier alpha value is -0.560. The van der Waals surface area contributed by atoms with Crippen LogP contribution >= 0.6 is 15.9 Å². The molecule has 4 nitrogen and oxygen atoms in total. The van der Waals surface area contributed by atoms with Crippen LogP contribution in [-0.4, -0.2) is 10.1 Å². The fraction of sp³-hybridized carbons (Fsp3) is 0.800. The minimum absolute atomic E-state index is 0.179. The van der Waals surface area contributed by atoms with E-state index in [4.69, 9.17) is 5.73 Å². The molecule has 2 atom stereocenters. The van der Waals surface area contributed by atoms with Crippen LogP contribution in [0.25, 0.3) is 0 Å². The second-order valence-electron chi connectivity index (χ2n) is 4.78. The van der Waals surface area contributed by atoms with Crippen molar-refractivity contribution in [3.8, 4) is 0 Å². The molecule has 1 aromatic rings. The zero-order valence-corrected chi connectivity index (χ0v) is 11.0. The lowest BCUT2D eigenvalue weighted by molar-refractivity contribution is 0.0725. The molecule has 2 rings (SSSR count). The van der Waals surface area contributed by atoms with E-state index in [1.54, 1.807) is 0 Å². The zero-order valence-electron chi connectivity index (χ0n) is 9.42. The van der Waals surface area contributed by atoms with Gasteiger partial charge in [-0.2, -0.15) is 13.8 Å². The van der Waals surface area contributed by atoms with Crippen LogP contribution in [0.1, 0.15) is 44.3 Å². The van der Waals surface area contributed by atoms with E-state index in [1.165, 1.54) is 0 Å². The van der Waals surface area contributed by atoms with Gasteiger partial charge in [0.05, 0.1) is 5.54 Å². The van der Waals surface area contributed by atoms with Gasteiger partial charge in [-0.3, -0.25) is 0 Å². The molecule has 7 heteroatoms. The molecule has 0 spiro atoms. The van der Waals surface area contributed by atoms with Gasteiger partial charge >= 0.3 is 10.7 Å². The van der Waals surface area contributed by atoms with E-state index in [-0.39, 0.29) is 5.82 Å². The van der Waals surface area contributed by atoms with E-state index < -0.39 is 16.3 Å². The number of aromatic nitrogens is 2. The molecule has 1 heterocycles. The number of hydrogen-bond donors (Lipinski definition) is 1. The molecule has 1 fully saturated rings. The average molecular weight is 310 g/mol. The molecule has 0 radical (unpaired) electrons. The van der Waals surface area contributed by atoms with Gasteiger partial charge in [0, 0.05) is 15.9 Å². The molecule has 0 aliphatic heterocycles. The van der Waals surface area contributed by atoms with Crippen molar-refractivity contribution in [2.45, 2.75) is 43.0 Å². The maximum atomic E-state index is 12.9. The summed E-state index contributed by atoms with van der Waals surface area (Å²) in [6.07, 6.45) is 3.44. The van der Waals surface area contributed by atoms with E-state index in [0.29, 0.717) is 18.8 Å². The van der Waals surface area contributed by atoms with Crippen molar-refractivity contribution in [2.24, 2.45) is 11.7 Å². The molecule has 96 valence electrons. The standard InChI is InChI=1S/C10H14BrF2N3O/c1-6-3-2-4-9(14,5-6)7-15-8(17-16-7)10(11,12)13/h6H,2-5,14H2,1H3. The maximum absolute atomic E-state index is 12.9. The number of rotatable bonds is 2. The molecule has 0 bridgehead atoms. The maximum Gasteiger partial charge on any atom is 0.378 e.